The summed E-state index contributed by atoms with van der Waals surface area (Å²) in [6.45, 7) is 7.34. The van der Waals surface area contributed by atoms with Crippen LogP contribution in [0.4, 0.5) is 0 Å². The van der Waals surface area contributed by atoms with E-state index in [1.54, 1.807) is 26.0 Å². The number of hydrogen-bond acceptors (Lipinski definition) is 6. The van der Waals surface area contributed by atoms with Crippen molar-refractivity contribution in [2.24, 2.45) is 0 Å². The molecule has 1 aliphatic rings. The molecule has 0 spiro atoms. The summed E-state index contributed by atoms with van der Waals surface area (Å²) in [5, 5.41) is 0. The third kappa shape index (κ3) is 9.00. The molecular formula is C28H36O6S. The predicted octanol–water partition coefficient (Wildman–Crippen LogP) is 5.54. The van der Waals surface area contributed by atoms with Crippen molar-refractivity contribution in [3.05, 3.63) is 77.4 Å². The number of Topliss-reactive ketones (excluding diaryl/α,β-unsaturated/α-hetero) is 1. The first-order valence-electron chi connectivity index (χ1n) is 12.1. The van der Waals surface area contributed by atoms with Crippen molar-refractivity contribution in [2.75, 3.05) is 6.61 Å². The first-order chi connectivity index (χ1) is 16.5. The molecule has 0 amide bonds. The van der Waals surface area contributed by atoms with Crippen LogP contribution in [0.3, 0.4) is 0 Å². The number of ether oxygens (including phenoxy) is 2. The van der Waals surface area contributed by atoms with Crippen molar-refractivity contribution >= 4 is 15.9 Å². The fraction of sp³-hybridized carbons (Fsp3) is 0.464. The summed E-state index contributed by atoms with van der Waals surface area (Å²) >= 11 is 0. The maximum Gasteiger partial charge on any atom is 0.297 e. The third-order valence-corrected chi connectivity index (χ3v) is 7.22. The van der Waals surface area contributed by atoms with E-state index in [1.165, 1.54) is 23.3 Å². The molecule has 2 aromatic carbocycles. The lowest BCUT2D eigenvalue weighted by Gasteiger charge is -2.40. The molecule has 0 N–H and O–H groups in total. The van der Waals surface area contributed by atoms with Gasteiger partial charge in [0.15, 0.2) is 5.79 Å². The van der Waals surface area contributed by atoms with Crippen LogP contribution in [0.15, 0.2) is 71.1 Å². The second-order valence-electron chi connectivity index (χ2n) is 9.65. The first kappa shape index (κ1) is 27.3. The van der Waals surface area contributed by atoms with E-state index in [9.17, 15) is 13.2 Å². The number of aryl methyl sites for hydroxylation is 1. The molecule has 7 heteroatoms. The Morgan fingerprint density at radius 2 is 1.69 bits per heavy atom. The van der Waals surface area contributed by atoms with Crippen LogP contribution in [0.2, 0.25) is 0 Å². The van der Waals surface area contributed by atoms with Crippen LogP contribution in [0, 0.1) is 6.92 Å². The molecule has 0 saturated carbocycles. The van der Waals surface area contributed by atoms with Crippen molar-refractivity contribution in [1.82, 2.24) is 0 Å². The normalized spacial score (nSPS) is 20.5. The Morgan fingerprint density at radius 3 is 2.37 bits per heavy atom. The van der Waals surface area contributed by atoms with Crippen molar-refractivity contribution in [2.45, 2.75) is 82.7 Å². The molecule has 2 atom stereocenters. The van der Waals surface area contributed by atoms with Crippen LogP contribution in [-0.4, -0.2) is 38.8 Å². The quantitative estimate of drug-likeness (QED) is 0.298. The minimum absolute atomic E-state index is 0.108. The van der Waals surface area contributed by atoms with Crippen LogP contribution in [0.25, 0.3) is 0 Å². The number of carbonyl (C=O) groups excluding carboxylic acids is 1. The number of rotatable bonds is 11. The van der Waals surface area contributed by atoms with Gasteiger partial charge >= 0.3 is 0 Å². The summed E-state index contributed by atoms with van der Waals surface area (Å²) < 4.78 is 42.2. The zero-order valence-electron chi connectivity index (χ0n) is 21.0. The molecule has 3 rings (SSSR count). The van der Waals surface area contributed by atoms with Crippen molar-refractivity contribution in [3.8, 4) is 0 Å². The Morgan fingerprint density at radius 1 is 1.03 bits per heavy atom. The van der Waals surface area contributed by atoms with Gasteiger partial charge in [0, 0.05) is 19.3 Å². The fourth-order valence-corrected chi connectivity index (χ4v) is 5.02. The second-order valence-corrected chi connectivity index (χ2v) is 11.3. The summed E-state index contributed by atoms with van der Waals surface area (Å²) in [5.41, 5.74) is 3.39. The topological polar surface area (TPSA) is 78.9 Å². The summed E-state index contributed by atoms with van der Waals surface area (Å²) in [6, 6.07) is 16.7. The molecule has 1 fully saturated rings. The Balaban J connectivity index is 1.49. The van der Waals surface area contributed by atoms with Crippen molar-refractivity contribution < 1.29 is 26.9 Å². The van der Waals surface area contributed by atoms with Gasteiger partial charge in [-0.25, -0.2) is 0 Å². The lowest BCUT2D eigenvalue weighted by atomic mass is 9.99. The van der Waals surface area contributed by atoms with E-state index in [0.29, 0.717) is 19.3 Å². The van der Waals surface area contributed by atoms with Gasteiger partial charge in [0.05, 0.1) is 23.7 Å². The molecule has 0 unspecified atom stereocenters. The molecule has 190 valence electrons. The lowest BCUT2D eigenvalue weighted by molar-refractivity contribution is -0.302. The van der Waals surface area contributed by atoms with E-state index in [-0.39, 0.29) is 29.8 Å². The maximum absolute atomic E-state index is 12.7. The zero-order chi connectivity index (χ0) is 25.5. The van der Waals surface area contributed by atoms with Crippen molar-refractivity contribution in [1.29, 1.82) is 0 Å². The van der Waals surface area contributed by atoms with Crippen LogP contribution >= 0.6 is 0 Å². The molecule has 6 nitrogen and oxygen atoms in total. The first-order valence-corrected chi connectivity index (χ1v) is 13.5. The molecule has 1 heterocycles. The van der Waals surface area contributed by atoms with Crippen LogP contribution in [-0.2, 0) is 35.0 Å². The van der Waals surface area contributed by atoms with Crippen LogP contribution in [0.1, 0.15) is 57.6 Å². The highest BCUT2D eigenvalue weighted by atomic mass is 32.2. The van der Waals surface area contributed by atoms with Gasteiger partial charge in [-0.05, 0) is 58.2 Å². The molecule has 35 heavy (non-hydrogen) atoms. The van der Waals surface area contributed by atoms with Gasteiger partial charge in [-0.2, -0.15) is 8.42 Å². The van der Waals surface area contributed by atoms with Gasteiger partial charge in [-0.15, -0.1) is 0 Å². The van der Waals surface area contributed by atoms with E-state index < -0.39 is 22.0 Å². The van der Waals surface area contributed by atoms with E-state index in [0.717, 1.165) is 12.0 Å². The average molecular weight is 501 g/mol. The van der Waals surface area contributed by atoms with Crippen LogP contribution in [0.5, 0.6) is 0 Å². The summed E-state index contributed by atoms with van der Waals surface area (Å²) in [6.07, 6.45) is 3.98. The Hall–Kier alpha value is -2.32. The standard InChI is InChI=1S/C28H36O6S/c1-21(10-14-23-8-6-5-7-9-23)11-15-24(29)18-25-19-26(34-28(3,4)33-25)20-32-35(30,31)27-16-12-22(2)13-17-27/h5-10,12-13,16-17,25-26H,11,14-15,18-20H2,1-4H3/b21-10+/t25-,26-/m0/s1. The van der Waals surface area contributed by atoms with Gasteiger partial charge in [0.1, 0.15) is 5.78 Å². The highest BCUT2D eigenvalue weighted by Gasteiger charge is 2.37. The lowest BCUT2D eigenvalue weighted by Crippen LogP contribution is -2.47. The third-order valence-electron chi connectivity index (χ3n) is 5.93. The van der Waals surface area contributed by atoms with E-state index in [2.05, 4.69) is 18.2 Å². The smallest absolute Gasteiger partial charge is 0.297 e. The van der Waals surface area contributed by atoms with Crippen LogP contribution < -0.4 is 0 Å². The number of allylic oxidation sites excluding steroid dienone is 2. The summed E-state index contributed by atoms with van der Waals surface area (Å²) in [4.78, 5) is 12.8. The molecule has 1 aliphatic heterocycles. The Labute approximate surface area is 209 Å². The Bertz CT molecular complexity index is 1100. The van der Waals surface area contributed by atoms with E-state index in [4.69, 9.17) is 13.7 Å². The predicted molar refractivity (Wildman–Crippen MR) is 136 cm³/mol. The Kier molecular flexibility index (Phi) is 9.41. The molecule has 0 radical (unpaired) electrons. The average Bonchev–Trinajstić information content (AvgIpc) is 2.80. The zero-order valence-corrected chi connectivity index (χ0v) is 21.8. The molecule has 0 aromatic heterocycles. The molecule has 2 aromatic rings. The minimum Gasteiger partial charge on any atom is -0.347 e. The number of hydrogen-bond donors (Lipinski definition) is 0. The summed E-state index contributed by atoms with van der Waals surface area (Å²) in [7, 11) is -3.89. The van der Waals surface area contributed by atoms with Gasteiger partial charge < -0.3 is 9.47 Å². The SMILES string of the molecule is C/C(=C\Cc1ccccc1)CCC(=O)C[C@H]1C[C@@H](COS(=O)(=O)c2ccc(C)cc2)OC(C)(C)O1. The summed E-state index contributed by atoms with van der Waals surface area (Å²) in [5.74, 6) is -0.816. The second kappa shape index (κ2) is 12.1. The highest BCUT2D eigenvalue weighted by Crippen LogP contribution is 2.30. The number of carbonyl (C=O) groups is 1. The minimum atomic E-state index is -3.89. The number of ketones is 1. The van der Waals surface area contributed by atoms with Crippen molar-refractivity contribution in [3.63, 3.8) is 0 Å². The van der Waals surface area contributed by atoms with Gasteiger partial charge in [-0.1, -0.05) is 59.7 Å². The van der Waals surface area contributed by atoms with E-state index in [1.807, 2.05) is 32.0 Å². The van der Waals surface area contributed by atoms with E-state index >= 15 is 0 Å². The maximum atomic E-state index is 12.7. The molecule has 0 aliphatic carbocycles. The molecule has 0 bridgehead atoms. The molecular weight excluding hydrogens is 464 g/mol. The van der Waals surface area contributed by atoms with Gasteiger partial charge in [0.2, 0.25) is 0 Å². The number of benzene rings is 2. The fourth-order valence-electron chi connectivity index (χ4n) is 4.09. The largest absolute Gasteiger partial charge is 0.347 e. The van der Waals surface area contributed by atoms with Gasteiger partial charge in [-0.3, -0.25) is 8.98 Å². The monoisotopic (exact) mass is 500 g/mol. The molecule has 1 saturated heterocycles. The highest BCUT2D eigenvalue weighted by molar-refractivity contribution is 7.86. The van der Waals surface area contributed by atoms with Gasteiger partial charge in [0.25, 0.3) is 10.1 Å².